The van der Waals surface area contributed by atoms with E-state index in [0.717, 1.165) is 25.8 Å². The normalized spacial score (nSPS) is 11.8. The van der Waals surface area contributed by atoms with E-state index >= 15 is 0 Å². The van der Waals surface area contributed by atoms with Crippen LogP contribution in [0.5, 0.6) is 0 Å². The highest BCUT2D eigenvalue weighted by Crippen LogP contribution is 2.19. The third kappa shape index (κ3) is 15.8. The monoisotopic (exact) mass is 569 g/mol. The van der Waals surface area contributed by atoms with Gasteiger partial charge in [-0.05, 0) is 44.7 Å². The molecule has 2 aromatic carbocycles. The quantitative estimate of drug-likeness (QED) is 0.219. The molecule has 0 aromatic heterocycles. The lowest BCUT2D eigenvalue weighted by atomic mass is 9.99. The molecule has 0 unspecified atom stereocenters. The number of Topliss-reactive ketones (excluding diaryl/α,β-unsaturated/α-hetero) is 1. The molecule has 3 rings (SSSR count). The van der Waals surface area contributed by atoms with Crippen molar-refractivity contribution in [2.24, 2.45) is 0 Å². The molecule has 0 spiro atoms. The van der Waals surface area contributed by atoms with Crippen LogP contribution in [0.1, 0.15) is 74.9 Å². The fourth-order valence-electron chi connectivity index (χ4n) is 3.67. The van der Waals surface area contributed by atoms with Crippen LogP contribution in [0.4, 0.5) is 4.79 Å². The molecule has 3 N–H and O–H groups in total. The number of hydrogen-bond acceptors (Lipinski definition) is 6. The second-order valence-electron chi connectivity index (χ2n) is 10.3. The number of nitrogens with one attached hydrogen (secondary N) is 2. The maximum Gasteiger partial charge on any atom is 0.407 e. The summed E-state index contributed by atoms with van der Waals surface area (Å²) in [4.78, 5) is 56.1. The average molecular weight is 570 g/mol. The smallest absolute Gasteiger partial charge is 0.407 e. The summed E-state index contributed by atoms with van der Waals surface area (Å²) in [5.41, 5.74) is 2.83. The molecule has 1 aliphatic rings. The van der Waals surface area contributed by atoms with E-state index in [1.54, 1.807) is 12.1 Å². The zero-order valence-electron chi connectivity index (χ0n) is 24.5. The van der Waals surface area contributed by atoms with Gasteiger partial charge in [0.2, 0.25) is 12.3 Å². The number of alkyl carbamates (subject to hydrolysis) is 1. The summed E-state index contributed by atoms with van der Waals surface area (Å²) in [5.74, 6) is -0.933. The van der Waals surface area contributed by atoms with Gasteiger partial charge in [0, 0.05) is 38.0 Å². The number of hydrogen-bond donors (Lipinski definition) is 3. The molecule has 1 aliphatic heterocycles. The first-order valence-corrected chi connectivity index (χ1v) is 13.7. The highest BCUT2D eigenvalue weighted by atomic mass is 16.6. The Morgan fingerprint density at radius 2 is 1.61 bits per heavy atom. The molecule has 0 saturated heterocycles. The van der Waals surface area contributed by atoms with Gasteiger partial charge in [-0.3, -0.25) is 19.2 Å². The van der Waals surface area contributed by atoms with Crippen molar-refractivity contribution in [1.82, 2.24) is 15.5 Å². The first kappa shape index (κ1) is 34.8. The summed E-state index contributed by atoms with van der Waals surface area (Å²) in [7, 11) is 0. The number of nitrogens with zero attached hydrogens (tertiary/aromatic N) is 1. The molecule has 224 valence electrons. The SMILES string of the molecule is CCCCNC(=O)OC(C)(C)C.O=C(CCC(=O)N1CCc2ccccc2C1)c1ccccc1.O=CNCC(=O)O. The lowest BCUT2D eigenvalue weighted by Crippen LogP contribution is -2.36. The van der Waals surface area contributed by atoms with Crippen LogP contribution in [-0.4, -0.2) is 65.4 Å². The minimum Gasteiger partial charge on any atom is -0.480 e. The van der Waals surface area contributed by atoms with Crippen LogP contribution in [-0.2, 0) is 32.1 Å². The van der Waals surface area contributed by atoms with Gasteiger partial charge in [-0.1, -0.05) is 67.9 Å². The van der Waals surface area contributed by atoms with Gasteiger partial charge in [0.25, 0.3) is 0 Å². The van der Waals surface area contributed by atoms with E-state index in [2.05, 4.69) is 24.4 Å². The molecule has 41 heavy (non-hydrogen) atoms. The van der Waals surface area contributed by atoms with Gasteiger partial charge >= 0.3 is 12.1 Å². The second kappa shape index (κ2) is 19.0. The standard InChI is InChI=1S/C19H19NO2.C9H19NO2.C3H5NO3/c21-18(16-7-2-1-3-8-16)10-11-19(22)20-13-12-15-6-4-5-9-17(15)14-20;1-5-6-7-10-8(11)12-9(2,3)4;5-2-4-1-3(6)7/h1-9H,10-14H2;5-7H2,1-4H3,(H,10,11);2H,1H2,(H,4,5)(H,6,7). The Kier molecular flexibility index (Phi) is 16.1. The molecule has 2 aromatic rings. The van der Waals surface area contributed by atoms with E-state index in [9.17, 15) is 24.0 Å². The third-order valence-corrected chi connectivity index (χ3v) is 5.68. The third-order valence-electron chi connectivity index (χ3n) is 5.68. The van der Waals surface area contributed by atoms with Crippen molar-refractivity contribution in [2.45, 2.75) is 71.9 Å². The first-order chi connectivity index (χ1) is 19.5. The van der Waals surface area contributed by atoms with Crippen LogP contribution in [0.15, 0.2) is 54.6 Å². The predicted molar refractivity (Wildman–Crippen MR) is 156 cm³/mol. The summed E-state index contributed by atoms with van der Waals surface area (Å²) in [6.45, 7) is 9.45. The largest absolute Gasteiger partial charge is 0.480 e. The Morgan fingerprint density at radius 1 is 0.976 bits per heavy atom. The molecular formula is C31H43N3O7. The number of benzene rings is 2. The van der Waals surface area contributed by atoms with Crippen molar-refractivity contribution in [3.05, 3.63) is 71.3 Å². The highest BCUT2D eigenvalue weighted by molar-refractivity contribution is 5.97. The van der Waals surface area contributed by atoms with Crippen LogP contribution < -0.4 is 10.6 Å². The first-order valence-electron chi connectivity index (χ1n) is 13.7. The number of carbonyl (C=O) groups is 5. The molecule has 10 nitrogen and oxygen atoms in total. The Hall–Kier alpha value is -4.21. The minimum atomic E-state index is -1.04. The molecule has 0 saturated carbocycles. The molecule has 0 atom stereocenters. The maximum atomic E-state index is 12.3. The molecular weight excluding hydrogens is 526 g/mol. The van der Waals surface area contributed by atoms with Crippen LogP contribution in [0.2, 0.25) is 0 Å². The molecule has 10 heteroatoms. The van der Waals surface area contributed by atoms with Crippen LogP contribution >= 0.6 is 0 Å². The Labute approximate surface area is 242 Å². The number of ketones is 1. The van der Waals surface area contributed by atoms with E-state index in [-0.39, 0.29) is 37.2 Å². The number of unbranched alkanes of at least 4 members (excludes halogenated alkanes) is 1. The molecule has 0 aliphatic carbocycles. The number of fused-ring (bicyclic) bond motifs is 1. The predicted octanol–water partition coefficient (Wildman–Crippen LogP) is 4.36. The van der Waals surface area contributed by atoms with Crippen molar-refractivity contribution in [2.75, 3.05) is 19.6 Å². The lowest BCUT2D eigenvalue weighted by molar-refractivity contribution is -0.136. The summed E-state index contributed by atoms with van der Waals surface area (Å²) >= 11 is 0. The Morgan fingerprint density at radius 3 is 2.17 bits per heavy atom. The van der Waals surface area contributed by atoms with E-state index in [1.807, 2.05) is 61.3 Å². The fourth-order valence-corrected chi connectivity index (χ4v) is 3.67. The molecule has 0 fully saturated rings. The van der Waals surface area contributed by atoms with Crippen molar-refractivity contribution in [3.63, 3.8) is 0 Å². The second-order valence-corrected chi connectivity index (χ2v) is 10.3. The zero-order valence-corrected chi connectivity index (χ0v) is 24.5. The molecule has 1 heterocycles. The molecule has 3 amide bonds. The van der Waals surface area contributed by atoms with E-state index < -0.39 is 11.6 Å². The van der Waals surface area contributed by atoms with E-state index in [4.69, 9.17) is 9.84 Å². The van der Waals surface area contributed by atoms with Crippen LogP contribution in [0.25, 0.3) is 0 Å². The molecule has 0 bridgehead atoms. The van der Waals surface area contributed by atoms with Gasteiger partial charge in [-0.15, -0.1) is 0 Å². The summed E-state index contributed by atoms with van der Waals surface area (Å²) < 4.78 is 5.03. The van der Waals surface area contributed by atoms with Gasteiger partial charge in [-0.25, -0.2) is 4.79 Å². The van der Waals surface area contributed by atoms with Gasteiger partial charge in [0.1, 0.15) is 12.1 Å². The van der Waals surface area contributed by atoms with Crippen molar-refractivity contribution >= 4 is 30.2 Å². The Balaban J connectivity index is 0.000000373. The van der Waals surface area contributed by atoms with Crippen LogP contribution in [0, 0.1) is 0 Å². The van der Waals surface area contributed by atoms with Crippen molar-refractivity contribution in [1.29, 1.82) is 0 Å². The van der Waals surface area contributed by atoms with Crippen LogP contribution in [0.3, 0.4) is 0 Å². The van der Waals surface area contributed by atoms with Gasteiger partial charge in [-0.2, -0.15) is 0 Å². The summed E-state index contributed by atoms with van der Waals surface area (Å²) in [5, 5.41) is 12.5. The number of carboxylic acids is 1. The van der Waals surface area contributed by atoms with Crippen molar-refractivity contribution in [3.8, 4) is 0 Å². The number of carboxylic acid groups (broad SMARTS) is 1. The number of aliphatic carboxylic acids is 1. The topological polar surface area (TPSA) is 142 Å². The number of rotatable bonds is 10. The maximum absolute atomic E-state index is 12.3. The van der Waals surface area contributed by atoms with Crippen molar-refractivity contribution < 1.29 is 33.8 Å². The van der Waals surface area contributed by atoms with Gasteiger partial charge in [0.05, 0.1) is 0 Å². The van der Waals surface area contributed by atoms with E-state index in [1.165, 1.54) is 11.1 Å². The average Bonchev–Trinajstić information content (AvgIpc) is 2.94. The Bertz CT molecular complexity index is 1110. The van der Waals surface area contributed by atoms with E-state index in [0.29, 0.717) is 25.1 Å². The minimum absolute atomic E-state index is 0.0337. The number of carbonyl (C=O) groups excluding carboxylic acids is 4. The molecule has 0 radical (unpaired) electrons. The summed E-state index contributed by atoms with van der Waals surface area (Å²) in [6.07, 6.45) is 3.56. The number of amides is 3. The highest BCUT2D eigenvalue weighted by Gasteiger charge is 2.21. The summed E-state index contributed by atoms with van der Waals surface area (Å²) in [6, 6.07) is 17.4. The van der Waals surface area contributed by atoms with Gasteiger partial charge in [0.15, 0.2) is 5.78 Å². The zero-order chi connectivity index (χ0) is 30.7. The lowest BCUT2D eigenvalue weighted by Gasteiger charge is -2.28. The number of ether oxygens (including phenoxy) is 1. The van der Waals surface area contributed by atoms with Gasteiger partial charge < -0.3 is 25.4 Å². The fraction of sp³-hybridized carbons (Fsp3) is 0.452.